The monoisotopic (exact) mass is 332 g/mol. The third-order valence-electron chi connectivity index (χ3n) is 3.08. The molecule has 7 heteroatoms. The van der Waals surface area contributed by atoms with Crippen LogP contribution in [0.3, 0.4) is 0 Å². The summed E-state index contributed by atoms with van der Waals surface area (Å²) in [4.78, 5) is 13.0. The van der Waals surface area contributed by atoms with Crippen molar-refractivity contribution in [3.05, 3.63) is 51.9 Å². The molecule has 0 unspecified atom stereocenters. The molecule has 1 amide bonds. The summed E-state index contributed by atoms with van der Waals surface area (Å²) in [5, 5.41) is 10.8. The second kappa shape index (κ2) is 6.29. The van der Waals surface area contributed by atoms with Crippen LogP contribution < -0.4 is 5.32 Å². The molecule has 2 heterocycles. The number of rotatable bonds is 4. The average Bonchev–Trinajstić information content (AvgIpc) is 3.07. The summed E-state index contributed by atoms with van der Waals surface area (Å²) in [6.45, 7) is 0. The van der Waals surface area contributed by atoms with E-state index in [-0.39, 0.29) is 5.91 Å². The Labute approximate surface area is 136 Å². The van der Waals surface area contributed by atoms with Gasteiger partial charge in [-0.3, -0.25) is 4.79 Å². The highest BCUT2D eigenvalue weighted by molar-refractivity contribution is 7.16. The normalized spacial score (nSPS) is 10.6. The molecule has 1 N–H and O–H groups in total. The van der Waals surface area contributed by atoms with Gasteiger partial charge in [0.25, 0.3) is 0 Å². The molecule has 0 aliphatic rings. The first-order valence-corrected chi connectivity index (χ1v) is 7.80. The molecule has 0 bridgehead atoms. The number of benzene rings is 1. The van der Waals surface area contributed by atoms with Crippen molar-refractivity contribution in [2.24, 2.45) is 7.05 Å². The number of nitrogens with zero attached hydrogens (tertiary/aromatic N) is 3. The van der Waals surface area contributed by atoms with Gasteiger partial charge >= 0.3 is 0 Å². The van der Waals surface area contributed by atoms with Crippen LogP contribution in [-0.4, -0.2) is 20.7 Å². The molecule has 0 atom stereocenters. The van der Waals surface area contributed by atoms with E-state index in [1.807, 2.05) is 41.9 Å². The second-order valence-corrected chi connectivity index (χ2v) is 6.58. The average molecular weight is 333 g/mol. The Morgan fingerprint density at radius 3 is 2.91 bits per heavy atom. The molecule has 112 valence electrons. The maximum atomic E-state index is 12.1. The third kappa shape index (κ3) is 3.35. The van der Waals surface area contributed by atoms with Crippen molar-refractivity contribution < 1.29 is 4.79 Å². The molecule has 0 saturated carbocycles. The Morgan fingerprint density at radius 1 is 1.36 bits per heavy atom. The second-order valence-electron chi connectivity index (χ2n) is 4.78. The number of hydrogen-bond donors (Lipinski definition) is 1. The zero-order chi connectivity index (χ0) is 15.5. The fourth-order valence-electron chi connectivity index (χ4n) is 2.09. The lowest BCUT2D eigenvalue weighted by Crippen LogP contribution is -2.13. The number of carbonyl (C=O) groups is 1. The minimum Gasteiger partial charge on any atom is -0.326 e. The number of carbonyl (C=O) groups excluding carboxylic acids is 1. The molecule has 3 rings (SSSR count). The van der Waals surface area contributed by atoms with Crippen molar-refractivity contribution >= 4 is 34.5 Å². The predicted octanol–water partition coefficient (Wildman–Crippen LogP) is 3.38. The van der Waals surface area contributed by atoms with Crippen LogP contribution in [0.25, 0.3) is 11.4 Å². The number of nitrogens with one attached hydrogen (secondary N) is 1. The van der Waals surface area contributed by atoms with Gasteiger partial charge in [0.05, 0.1) is 10.8 Å². The Morgan fingerprint density at radius 2 is 2.23 bits per heavy atom. The van der Waals surface area contributed by atoms with Crippen LogP contribution in [0, 0.1) is 0 Å². The highest BCUT2D eigenvalue weighted by atomic mass is 35.5. The van der Waals surface area contributed by atoms with E-state index in [1.165, 1.54) is 11.3 Å². The lowest BCUT2D eigenvalue weighted by atomic mass is 10.2. The summed E-state index contributed by atoms with van der Waals surface area (Å²) in [6, 6.07) is 11.2. The van der Waals surface area contributed by atoms with E-state index < -0.39 is 0 Å². The van der Waals surface area contributed by atoms with Crippen LogP contribution in [0.4, 0.5) is 5.69 Å². The number of amides is 1. The standard InChI is InChI=1S/C15H13ClN4OS/c1-20-9-17-19-15(20)10-3-2-4-11(7-10)18-14(21)8-12-5-6-13(16)22-12/h2-7,9H,8H2,1H3,(H,18,21). The minimum atomic E-state index is -0.0753. The van der Waals surface area contributed by atoms with Gasteiger partial charge in [0.2, 0.25) is 5.91 Å². The zero-order valence-electron chi connectivity index (χ0n) is 11.8. The van der Waals surface area contributed by atoms with Crippen LogP contribution in [0.15, 0.2) is 42.7 Å². The van der Waals surface area contributed by atoms with Crippen molar-refractivity contribution in [2.75, 3.05) is 5.32 Å². The molecule has 22 heavy (non-hydrogen) atoms. The topological polar surface area (TPSA) is 59.8 Å². The molecular weight excluding hydrogens is 320 g/mol. The van der Waals surface area contributed by atoms with Crippen molar-refractivity contribution in [2.45, 2.75) is 6.42 Å². The molecular formula is C15H13ClN4OS. The smallest absolute Gasteiger partial charge is 0.229 e. The van der Waals surface area contributed by atoms with Crippen LogP contribution in [0.1, 0.15) is 4.88 Å². The van der Waals surface area contributed by atoms with Gasteiger partial charge in [-0.05, 0) is 24.3 Å². The van der Waals surface area contributed by atoms with Crippen molar-refractivity contribution in [3.8, 4) is 11.4 Å². The Hall–Kier alpha value is -2.18. The summed E-state index contributed by atoms with van der Waals surface area (Å²) < 4.78 is 2.52. The quantitative estimate of drug-likeness (QED) is 0.796. The van der Waals surface area contributed by atoms with Crippen LogP contribution >= 0.6 is 22.9 Å². The van der Waals surface area contributed by atoms with E-state index in [4.69, 9.17) is 11.6 Å². The fourth-order valence-corrected chi connectivity index (χ4v) is 3.18. The first-order valence-electron chi connectivity index (χ1n) is 6.60. The van der Waals surface area contributed by atoms with Gasteiger partial charge in [0, 0.05) is 23.2 Å². The molecule has 1 aromatic carbocycles. The highest BCUT2D eigenvalue weighted by Crippen LogP contribution is 2.23. The summed E-state index contributed by atoms with van der Waals surface area (Å²) >= 11 is 7.28. The fraction of sp³-hybridized carbons (Fsp3) is 0.133. The summed E-state index contributed by atoms with van der Waals surface area (Å²) in [5.41, 5.74) is 1.63. The van der Waals surface area contributed by atoms with Crippen molar-refractivity contribution in [3.63, 3.8) is 0 Å². The largest absolute Gasteiger partial charge is 0.326 e. The number of aryl methyl sites for hydroxylation is 1. The van der Waals surface area contributed by atoms with Crippen LogP contribution in [0.2, 0.25) is 4.34 Å². The number of aromatic nitrogens is 3. The van der Waals surface area contributed by atoms with E-state index in [9.17, 15) is 4.79 Å². The van der Waals surface area contributed by atoms with E-state index in [0.29, 0.717) is 10.8 Å². The number of anilines is 1. The zero-order valence-corrected chi connectivity index (χ0v) is 13.4. The van der Waals surface area contributed by atoms with Crippen LogP contribution in [-0.2, 0) is 18.3 Å². The molecule has 0 radical (unpaired) electrons. The molecule has 5 nitrogen and oxygen atoms in total. The lowest BCUT2D eigenvalue weighted by Gasteiger charge is -2.06. The molecule has 0 saturated heterocycles. The minimum absolute atomic E-state index is 0.0753. The number of thiophene rings is 1. The van der Waals surface area contributed by atoms with Gasteiger partial charge in [0.15, 0.2) is 5.82 Å². The van der Waals surface area contributed by atoms with Gasteiger partial charge in [-0.15, -0.1) is 21.5 Å². The summed E-state index contributed by atoms with van der Waals surface area (Å²) in [5.74, 6) is 0.676. The van der Waals surface area contributed by atoms with Crippen molar-refractivity contribution in [1.82, 2.24) is 14.8 Å². The van der Waals surface area contributed by atoms with E-state index in [0.717, 1.165) is 22.0 Å². The van der Waals surface area contributed by atoms with Gasteiger partial charge in [-0.2, -0.15) is 0 Å². The van der Waals surface area contributed by atoms with E-state index >= 15 is 0 Å². The van der Waals surface area contributed by atoms with Gasteiger partial charge in [-0.1, -0.05) is 23.7 Å². The first-order chi connectivity index (χ1) is 10.6. The molecule has 3 aromatic rings. The molecule has 0 fully saturated rings. The first kappa shape index (κ1) is 14.7. The Kier molecular flexibility index (Phi) is 4.22. The lowest BCUT2D eigenvalue weighted by molar-refractivity contribution is -0.115. The molecule has 0 aliphatic carbocycles. The molecule has 0 spiro atoms. The molecule has 2 aromatic heterocycles. The predicted molar refractivity (Wildman–Crippen MR) is 88.1 cm³/mol. The van der Waals surface area contributed by atoms with E-state index in [2.05, 4.69) is 15.5 Å². The summed E-state index contributed by atoms with van der Waals surface area (Å²) in [6.07, 6.45) is 1.95. The van der Waals surface area contributed by atoms with Gasteiger partial charge in [0.1, 0.15) is 6.33 Å². The SMILES string of the molecule is Cn1cnnc1-c1cccc(NC(=O)Cc2ccc(Cl)s2)c1. The van der Waals surface area contributed by atoms with E-state index in [1.54, 1.807) is 12.4 Å². The highest BCUT2D eigenvalue weighted by Gasteiger charge is 2.09. The maximum absolute atomic E-state index is 12.1. The number of halogens is 1. The maximum Gasteiger partial charge on any atom is 0.229 e. The van der Waals surface area contributed by atoms with Crippen LogP contribution in [0.5, 0.6) is 0 Å². The number of hydrogen-bond acceptors (Lipinski definition) is 4. The Balaban J connectivity index is 1.73. The van der Waals surface area contributed by atoms with Gasteiger partial charge in [-0.25, -0.2) is 0 Å². The van der Waals surface area contributed by atoms with Gasteiger partial charge < -0.3 is 9.88 Å². The van der Waals surface area contributed by atoms with Crippen molar-refractivity contribution in [1.29, 1.82) is 0 Å². The summed E-state index contributed by atoms with van der Waals surface area (Å²) in [7, 11) is 1.88. The molecule has 0 aliphatic heterocycles. The third-order valence-corrected chi connectivity index (χ3v) is 4.31. The Bertz CT molecular complexity index is 811.